The third kappa shape index (κ3) is 3.92. The van der Waals surface area contributed by atoms with E-state index >= 15 is 0 Å². The molecule has 1 unspecified atom stereocenters. The van der Waals surface area contributed by atoms with Gasteiger partial charge in [-0.15, -0.1) is 0 Å². The van der Waals surface area contributed by atoms with Crippen LogP contribution in [-0.2, 0) is 0 Å². The second-order valence-electron chi connectivity index (χ2n) is 6.21. The summed E-state index contributed by atoms with van der Waals surface area (Å²) in [4.78, 5) is 12.5. The van der Waals surface area contributed by atoms with Gasteiger partial charge in [-0.2, -0.15) is 0 Å². The Labute approximate surface area is 118 Å². The number of ketones is 1. The maximum absolute atomic E-state index is 12.5. The lowest BCUT2D eigenvalue weighted by atomic mass is 9.86. The number of benzene rings is 1. The predicted molar refractivity (Wildman–Crippen MR) is 83.0 cm³/mol. The molecule has 0 heterocycles. The molecule has 1 nitrogen and oxygen atoms in total. The Hall–Kier alpha value is -1.11. The lowest BCUT2D eigenvalue weighted by Crippen LogP contribution is -2.14. The molecule has 0 fully saturated rings. The van der Waals surface area contributed by atoms with Gasteiger partial charge in [-0.05, 0) is 29.4 Å². The minimum absolute atomic E-state index is 0.132. The van der Waals surface area contributed by atoms with Crippen molar-refractivity contribution < 1.29 is 4.79 Å². The lowest BCUT2D eigenvalue weighted by Gasteiger charge is -2.18. The molecule has 1 aromatic carbocycles. The van der Waals surface area contributed by atoms with E-state index in [1.165, 1.54) is 11.1 Å². The fourth-order valence-corrected chi connectivity index (χ4v) is 2.47. The Morgan fingerprint density at radius 1 is 1.05 bits per heavy atom. The third-order valence-corrected chi connectivity index (χ3v) is 3.80. The molecule has 19 heavy (non-hydrogen) atoms. The predicted octanol–water partition coefficient (Wildman–Crippen LogP) is 5.55. The van der Waals surface area contributed by atoms with E-state index in [1.54, 1.807) is 0 Å². The molecule has 1 atom stereocenters. The number of hydrogen-bond acceptors (Lipinski definition) is 1. The SMILES string of the molecule is CCCC(C)C(=O)c1ccc(C(C)C)cc1C(C)C. The van der Waals surface area contributed by atoms with Crippen LogP contribution in [0, 0.1) is 5.92 Å². The highest BCUT2D eigenvalue weighted by atomic mass is 16.1. The van der Waals surface area contributed by atoms with Gasteiger partial charge in [0, 0.05) is 11.5 Å². The molecule has 0 N–H and O–H groups in total. The average molecular weight is 260 g/mol. The van der Waals surface area contributed by atoms with E-state index in [0.29, 0.717) is 17.6 Å². The summed E-state index contributed by atoms with van der Waals surface area (Å²) in [5.41, 5.74) is 3.46. The normalized spacial score (nSPS) is 13.1. The summed E-state index contributed by atoms with van der Waals surface area (Å²) >= 11 is 0. The van der Waals surface area contributed by atoms with Gasteiger partial charge in [0.25, 0.3) is 0 Å². The van der Waals surface area contributed by atoms with E-state index < -0.39 is 0 Å². The molecule has 0 bridgehead atoms. The number of hydrogen-bond donors (Lipinski definition) is 0. The molecule has 0 aliphatic rings. The molecule has 0 saturated carbocycles. The second kappa shape index (κ2) is 6.88. The Balaban J connectivity index is 3.16. The van der Waals surface area contributed by atoms with Gasteiger partial charge >= 0.3 is 0 Å². The van der Waals surface area contributed by atoms with Crippen molar-refractivity contribution in [3.8, 4) is 0 Å². The number of rotatable bonds is 6. The van der Waals surface area contributed by atoms with E-state index in [2.05, 4.69) is 46.8 Å². The topological polar surface area (TPSA) is 17.1 Å². The van der Waals surface area contributed by atoms with Crippen molar-refractivity contribution in [3.05, 3.63) is 34.9 Å². The first-order valence-corrected chi connectivity index (χ1v) is 7.56. The Bertz CT molecular complexity index is 429. The largest absolute Gasteiger partial charge is 0.294 e. The van der Waals surface area contributed by atoms with Crippen LogP contribution in [0.25, 0.3) is 0 Å². The van der Waals surface area contributed by atoms with Crippen molar-refractivity contribution >= 4 is 5.78 Å². The van der Waals surface area contributed by atoms with Crippen molar-refractivity contribution in [2.24, 2.45) is 5.92 Å². The smallest absolute Gasteiger partial charge is 0.165 e. The summed E-state index contributed by atoms with van der Waals surface area (Å²) in [6, 6.07) is 6.38. The van der Waals surface area contributed by atoms with Gasteiger partial charge in [-0.1, -0.05) is 66.2 Å². The van der Waals surface area contributed by atoms with Crippen molar-refractivity contribution in [3.63, 3.8) is 0 Å². The highest BCUT2D eigenvalue weighted by Gasteiger charge is 2.19. The maximum atomic E-state index is 12.5. The molecule has 1 heteroatoms. The van der Waals surface area contributed by atoms with Crippen LogP contribution < -0.4 is 0 Å². The molecular weight excluding hydrogens is 232 g/mol. The lowest BCUT2D eigenvalue weighted by molar-refractivity contribution is 0.0922. The quantitative estimate of drug-likeness (QED) is 0.613. The van der Waals surface area contributed by atoms with Gasteiger partial charge in [0.1, 0.15) is 0 Å². The van der Waals surface area contributed by atoms with Gasteiger partial charge < -0.3 is 0 Å². The Morgan fingerprint density at radius 2 is 1.68 bits per heavy atom. The first-order chi connectivity index (χ1) is 8.88. The zero-order chi connectivity index (χ0) is 14.6. The Morgan fingerprint density at radius 3 is 2.16 bits per heavy atom. The maximum Gasteiger partial charge on any atom is 0.165 e. The van der Waals surface area contributed by atoms with Crippen LogP contribution in [-0.4, -0.2) is 5.78 Å². The minimum Gasteiger partial charge on any atom is -0.294 e. The molecule has 0 saturated heterocycles. The van der Waals surface area contributed by atoms with Crippen molar-refractivity contribution in [1.82, 2.24) is 0 Å². The van der Waals surface area contributed by atoms with Crippen LogP contribution in [0.3, 0.4) is 0 Å². The van der Waals surface area contributed by atoms with E-state index in [0.717, 1.165) is 18.4 Å². The number of Topliss-reactive ketones (excluding diaryl/α,β-unsaturated/α-hetero) is 1. The molecule has 1 rings (SSSR count). The van der Waals surface area contributed by atoms with Gasteiger partial charge in [0.2, 0.25) is 0 Å². The van der Waals surface area contributed by atoms with Crippen LogP contribution in [0.4, 0.5) is 0 Å². The number of carbonyl (C=O) groups is 1. The van der Waals surface area contributed by atoms with Crippen LogP contribution in [0.1, 0.15) is 87.7 Å². The fraction of sp³-hybridized carbons (Fsp3) is 0.611. The standard InChI is InChI=1S/C18H28O/c1-7-8-14(6)18(19)16-10-9-15(12(2)3)11-17(16)13(4)5/h9-14H,7-8H2,1-6H3. The Kier molecular flexibility index (Phi) is 5.78. The van der Waals surface area contributed by atoms with Gasteiger partial charge in [0.15, 0.2) is 5.78 Å². The molecule has 0 amide bonds. The zero-order valence-corrected chi connectivity index (χ0v) is 13.3. The summed E-state index contributed by atoms with van der Waals surface area (Å²) < 4.78 is 0. The summed E-state index contributed by atoms with van der Waals surface area (Å²) in [6.45, 7) is 12.9. The highest BCUT2D eigenvalue weighted by molar-refractivity contribution is 5.99. The molecule has 0 spiro atoms. The average Bonchev–Trinajstić information content (AvgIpc) is 2.37. The third-order valence-electron chi connectivity index (χ3n) is 3.80. The fourth-order valence-electron chi connectivity index (χ4n) is 2.47. The van der Waals surface area contributed by atoms with Gasteiger partial charge in [0.05, 0.1) is 0 Å². The summed E-state index contributed by atoms with van der Waals surface area (Å²) in [7, 11) is 0. The summed E-state index contributed by atoms with van der Waals surface area (Å²) in [5, 5.41) is 0. The van der Waals surface area contributed by atoms with Crippen molar-refractivity contribution in [2.75, 3.05) is 0 Å². The van der Waals surface area contributed by atoms with Crippen LogP contribution in [0.5, 0.6) is 0 Å². The molecule has 1 aromatic rings. The van der Waals surface area contributed by atoms with E-state index in [-0.39, 0.29) is 5.92 Å². The monoisotopic (exact) mass is 260 g/mol. The van der Waals surface area contributed by atoms with E-state index in [9.17, 15) is 4.79 Å². The number of carbonyl (C=O) groups excluding carboxylic acids is 1. The van der Waals surface area contributed by atoms with Crippen LogP contribution in [0.2, 0.25) is 0 Å². The van der Waals surface area contributed by atoms with Crippen LogP contribution in [0.15, 0.2) is 18.2 Å². The molecule has 0 radical (unpaired) electrons. The first kappa shape index (κ1) is 15.9. The van der Waals surface area contributed by atoms with Crippen LogP contribution >= 0.6 is 0 Å². The van der Waals surface area contributed by atoms with E-state index in [4.69, 9.17) is 0 Å². The van der Waals surface area contributed by atoms with Crippen molar-refractivity contribution in [1.29, 1.82) is 0 Å². The first-order valence-electron chi connectivity index (χ1n) is 7.56. The molecule has 106 valence electrons. The molecular formula is C18H28O. The zero-order valence-electron chi connectivity index (χ0n) is 13.3. The molecule has 0 aromatic heterocycles. The minimum atomic E-state index is 0.132. The molecule has 0 aliphatic heterocycles. The van der Waals surface area contributed by atoms with E-state index in [1.807, 2.05) is 13.0 Å². The second-order valence-corrected chi connectivity index (χ2v) is 6.21. The highest BCUT2D eigenvalue weighted by Crippen LogP contribution is 2.27. The van der Waals surface area contributed by atoms with Gasteiger partial charge in [-0.25, -0.2) is 0 Å². The molecule has 0 aliphatic carbocycles. The summed E-state index contributed by atoms with van der Waals surface area (Å²) in [6.07, 6.45) is 2.04. The van der Waals surface area contributed by atoms with Gasteiger partial charge in [-0.3, -0.25) is 4.79 Å². The van der Waals surface area contributed by atoms with Crippen molar-refractivity contribution in [2.45, 2.75) is 66.2 Å². The summed E-state index contributed by atoms with van der Waals surface area (Å²) in [5.74, 6) is 1.34.